The van der Waals surface area contributed by atoms with Gasteiger partial charge in [-0.1, -0.05) is 80.3 Å². The number of anilines is 6. The molecule has 0 unspecified atom stereocenters. The van der Waals surface area contributed by atoms with Crippen molar-refractivity contribution in [1.29, 1.82) is 0 Å². The maximum atomic E-state index is 13.3. The minimum atomic E-state index is -1.15. The second-order valence-corrected chi connectivity index (χ2v) is 35.2. The van der Waals surface area contributed by atoms with E-state index in [9.17, 15) is 34.8 Å². The third-order valence-corrected chi connectivity index (χ3v) is 25.6. The second kappa shape index (κ2) is 38.9. The number of fused-ring (bicyclic) bond motifs is 3. The predicted octanol–water partition coefficient (Wildman–Crippen LogP) is 14.0. The highest BCUT2D eigenvalue weighted by atomic mass is 16.3. The van der Waals surface area contributed by atoms with Crippen LogP contribution in [0.3, 0.4) is 0 Å². The minimum absolute atomic E-state index is 0. The molecule has 658 valence electrons. The number of pyridine rings is 3. The van der Waals surface area contributed by atoms with Crippen LogP contribution in [0.5, 0.6) is 0 Å². The molecule has 0 radical (unpaired) electrons. The number of benzene rings is 3. The average Bonchev–Trinajstić information content (AvgIpc) is 1.62. The molecule has 10 heterocycles. The Hall–Kier alpha value is -11.5. The van der Waals surface area contributed by atoms with Gasteiger partial charge in [-0.05, 0) is 259 Å². The summed E-state index contributed by atoms with van der Waals surface area (Å²) in [5.41, 5.74) is 5.67. The van der Waals surface area contributed by atoms with E-state index in [-0.39, 0.29) is 50.3 Å². The van der Waals surface area contributed by atoms with Gasteiger partial charge < -0.3 is 51.1 Å². The zero-order chi connectivity index (χ0) is 87.1. The molecule has 0 amide bonds. The Morgan fingerprint density at radius 3 is 1.16 bits per heavy atom. The Labute approximate surface area is 730 Å². The van der Waals surface area contributed by atoms with E-state index in [2.05, 4.69) is 169 Å². The maximum absolute atomic E-state index is 13.3. The van der Waals surface area contributed by atoms with Crippen molar-refractivity contribution < 1.29 is 20.4 Å². The van der Waals surface area contributed by atoms with Gasteiger partial charge in [0.05, 0.1) is 43.3 Å². The molecule has 29 heteroatoms. The van der Waals surface area contributed by atoms with Crippen LogP contribution < -0.4 is 32.6 Å². The molecule has 9 aromatic heterocycles. The minimum Gasteiger partial charge on any atom is -0.395 e. The monoisotopic (exact) mass is 1690 g/mol. The number of aliphatic hydroxyl groups is 4. The van der Waals surface area contributed by atoms with Gasteiger partial charge in [-0.3, -0.25) is 19.3 Å². The molecule has 4 saturated carbocycles. The van der Waals surface area contributed by atoms with Crippen molar-refractivity contribution in [2.75, 3.05) is 83.5 Å². The first-order valence-corrected chi connectivity index (χ1v) is 43.7. The van der Waals surface area contributed by atoms with Crippen LogP contribution in [-0.2, 0) is 36.4 Å². The SMILES string of the molecule is C.C=CCn1c(=O)c2cnc(Nc3ccc(C4CCC(N(C)C)CC4)cc3)nc2n1-c1cccc(C2(O)CCC2)n1.C=CCn1c(=O)c2cnc(Nc3ccc(C4CCC(N(C)CCO)CC4)cc3)nc2n1-c1cccc(C(C)(C)O)n1.C=CCn1c(=O)c2cnc(Nc3ccc(C4CCC(N5CCN(C)CC5)CC4)cc3)nc2n1-c1cccc(C(C)(C)O)n1. The summed E-state index contributed by atoms with van der Waals surface area (Å²) in [7, 11) is 8.66. The highest BCUT2D eigenvalue weighted by molar-refractivity contribution is 5.79. The van der Waals surface area contributed by atoms with Crippen molar-refractivity contribution in [3.8, 4) is 17.5 Å². The molecule has 0 atom stereocenters. The van der Waals surface area contributed by atoms with Gasteiger partial charge in [0, 0.05) is 86.5 Å². The smallest absolute Gasteiger partial charge is 0.278 e. The zero-order valence-corrected chi connectivity index (χ0v) is 72.7. The Balaban J connectivity index is 0.000000152. The van der Waals surface area contributed by atoms with Crippen molar-refractivity contribution in [3.05, 3.63) is 249 Å². The quantitative estimate of drug-likeness (QED) is 0.0248. The van der Waals surface area contributed by atoms with E-state index >= 15 is 0 Å². The summed E-state index contributed by atoms with van der Waals surface area (Å²) in [5, 5.41) is 52.2. The molecule has 0 bridgehead atoms. The lowest BCUT2D eigenvalue weighted by molar-refractivity contribution is -0.0426. The van der Waals surface area contributed by atoms with Crippen molar-refractivity contribution in [1.82, 2.24) is 92.5 Å². The highest BCUT2D eigenvalue weighted by Crippen LogP contribution is 2.42. The molecule has 1 aliphatic heterocycles. The second-order valence-electron chi connectivity index (χ2n) is 35.2. The predicted molar refractivity (Wildman–Crippen MR) is 495 cm³/mol. The highest BCUT2D eigenvalue weighted by Gasteiger charge is 2.39. The van der Waals surface area contributed by atoms with Crippen LogP contribution in [0.2, 0.25) is 0 Å². The van der Waals surface area contributed by atoms with E-state index in [1.807, 2.05) is 36.4 Å². The number of piperazine rings is 1. The molecule has 0 spiro atoms. The van der Waals surface area contributed by atoms with Crippen LogP contribution in [0.1, 0.15) is 183 Å². The van der Waals surface area contributed by atoms with Gasteiger partial charge in [0.15, 0.2) is 34.4 Å². The molecule has 3 aromatic carbocycles. The first-order valence-electron chi connectivity index (χ1n) is 43.7. The third-order valence-electron chi connectivity index (χ3n) is 25.6. The van der Waals surface area contributed by atoms with Gasteiger partial charge >= 0.3 is 0 Å². The molecular formula is C96H122N22O7. The first-order chi connectivity index (χ1) is 59.8. The summed E-state index contributed by atoms with van der Waals surface area (Å²) in [6.45, 7) is 24.6. The summed E-state index contributed by atoms with van der Waals surface area (Å²) in [5.74, 6) is 4.32. The Kier molecular flexibility index (Phi) is 27.9. The lowest BCUT2D eigenvalue weighted by atomic mass is 9.77. The fourth-order valence-corrected chi connectivity index (χ4v) is 18.1. The van der Waals surface area contributed by atoms with Gasteiger partial charge in [-0.25, -0.2) is 58.0 Å². The van der Waals surface area contributed by atoms with Gasteiger partial charge in [0.2, 0.25) is 17.8 Å². The lowest BCUT2D eigenvalue weighted by Gasteiger charge is -2.41. The number of rotatable bonds is 26. The van der Waals surface area contributed by atoms with Crippen LogP contribution in [0.15, 0.2) is 198 Å². The van der Waals surface area contributed by atoms with E-state index < -0.39 is 16.8 Å². The molecule has 5 fully saturated rings. The normalized spacial score (nSPS) is 19.3. The van der Waals surface area contributed by atoms with Crippen LogP contribution in [0.25, 0.3) is 50.6 Å². The van der Waals surface area contributed by atoms with Gasteiger partial charge in [0.25, 0.3) is 16.7 Å². The molecule has 7 N–H and O–H groups in total. The summed E-state index contributed by atoms with van der Waals surface area (Å²) in [6.07, 6.45) is 26.4. The van der Waals surface area contributed by atoms with E-state index in [1.54, 1.807) is 107 Å². The standard InChI is InChI=1S/C33H42N8O2.C31H39N7O3.C31H37N7O2.CH4/c1-5-17-40-31(42)27-22-34-32(37-30(27)41(40)29-8-6-7-28(36-29)33(2,3)43)35-25-13-9-23(10-14-25)24-11-15-26(16-12-24)39-20-18-38(4)19-21-39;1-5-17-37-29(40)25-20-32-30(35-28(25)38(37)27-8-6-7-26(34-27)31(2,3)41)33-23-13-9-21(10-14-23)22-11-15-24(16-12-22)36(4)18-19-39;1-4-19-37-29(39)25-20-32-30(33-23-13-9-21(10-14-23)22-11-15-24(16-12-22)36(2)3)35-28(25)38(37)27-8-5-7-26(34-27)31(40)17-6-18-31;/h5-10,13-14,22,24,26,43H,1,11-12,15-21H2,2-4H3,(H,34,35,37);5-10,13-14,20,22,24,39,41H,1,11-12,15-19H2,2-4H3,(H,32,33,35);4-5,7-10,13-14,20,22,24,40H,1,6,11-12,15-19H2,2-3H3,(H,32,33,35);1H4. The number of hydrogen-bond acceptors (Lipinski definition) is 23. The Morgan fingerprint density at radius 2 is 0.824 bits per heavy atom. The summed E-state index contributed by atoms with van der Waals surface area (Å²) in [6, 6.07) is 43.7. The number of aromatic nitrogens is 15. The zero-order valence-electron chi connectivity index (χ0n) is 72.7. The van der Waals surface area contributed by atoms with Crippen molar-refractivity contribution in [3.63, 3.8) is 0 Å². The number of likely N-dealkylation sites (N-methyl/N-ethyl adjacent to an activating group) is 2. The number of nitrogens with zero attached hydrogens (tertiary/aromatic N) is 19. The number of nitrogens with one attached hydrogen (secondary N) is 3. The number of hydrogen-bond donors (Lipinski definition) is 7. The van der Waals surface area contributed by atoms with Crippen molar-refractivity contribution in [2.45, 2.75) is 204 Å². The number of aliphatic hydroxyl groups excluding tert-OH is 1. The number of allylic oxidation sites excluding steroid dienone is 3. The third kappa shape index (κ3) is 20.1. The maximum Gasteiger partial charge on any atom is 0.278 e. The Morgan fingerprint density at radius 1 is 0.472 bits per heavy atom. The van der Waals surface area contributed by atoms with E-state index in [0.717, 1.165) is 61.8 Å². The van der Waals surface area contributed by atoms with Crippen LogP contribution in [-0.4, -0.2) is 199 Å². The molecule has 125 heavy (non-hydrogen) atoms. The molecule has 4 aliphatic carbocycles. The van der Waals surface area contributed by atoms with E-state index in [4.69, 9.17) is 19.9 Å². The van der Waals surface area contributed by atoms with Crippen molar-refractivity contribution in [2.24, 2.45) is 0 Å². The fourth-order valence-electron chi connectivity index (χ4n) is 18.1. The molecular weight excluding hydrogens is 1570 g/mol. The van der Waals surface area contributed by atoms with Gasteiger partial charge in [-0.15, -0.1) is 19.7 Å². The lowest BCUT2D eigenvalue weighted by Crippen LogP contribution is -2.49. The molecule has 17 rings (SSSR count). The van der Waals surface area contributed by atoms with Gasteiger partial charge in [0.1, 0.15) is 33.0 Å². The Bertz CT molecular complexity index is 5920. The average molecular weight is 1700 g/mol. The largest absolute Gasteiger partial charge is 0.395 e. The topological polar surface area (TPSA) is 327 Å². The van der Waals surface area contributed by atoms with Gasteiger partial charge in [-0.2, -0.15) is 15.0 Å². The van der Waals surface area contributed by atoms with E-state index in [1.165, 1.54) is 110 Å². The molecule has 5 aliphatic rings. The summed E-state index contributed by atoms with van der Waals surface area (Å²) < 4.78 is 9.61. The van der Waals surface area contributed by atoms with Crippen LogP contribution in [0, 0.1) is 0 Å². The summed E-state index contributed by atoms with van der Waals surface area (Å²) in [4.78, 5) is 91.2. The molecule has 12 aromatic rings. The molecule has 1 saturated heterocycles. The molecule has 29 nitrogen and oxygen atoms in total. The fraction of sp³-hybridized carbons (Fsp3) is 0.438. The van der Waals surface area contributed by atoms with Crippen LogP contribution >= 0.6 is 0 Å². The van der Waals surface area contributed by atoms with E-state index in [0.29, 0.717) is 128 Å². The summed E-state index contributed by atoms with van der Waals surface area (Å²) >= 11 is 0. The first kappa shape index (κ1) is 89.7. The van der Waals surface area contributed by atoms with Crippen LogP contribution in [0.4, 0.5) is 34.9 Å². The van der Waals surface area contributed by atoms with Crippen molar-refractivity contribution >= 4 is 68.0 Å².